The number of nitrogens with zero attached hydrogens (tertiary/aromatic N) is 1. The van der Waals surface area contributed by atoms with E-state index in [0.717, 1.165) is 5.56 Å². The van der Waals surface area contributed by atoms with Gasteiger partial charge in [0.15, 0.2) is 6.61 Å². The highest BCUT2D eigenvalue weighted by molar-refractivity contribution is 5.91. The third-order valence-corrected chi connectivity index (χ3v) is 2.47. The molecule has 7 heteroatoms. The molecule has 1 aromatic carbocycles. The molecule has 114 valence electrons. The molecule has 0 aliphatic carbocycles. The number of rotatable bonds is 5. The van der Waals surface area contributed by atoms with Gasteiger partial charge >= 0.3 is 0 Å². The first-order valence-electron chi connectivity index (χ1n) is 5.89. The van der Waals surface area contributed by atoms with Gasteiger partial charge in [-0.25, -0.2) is 0 Å². The Labute approximate surface area is 135 Å². The second-order valence-corrected chi connectivity index (χ2v) is 3.93. The second-order valence-electron chi connectivity index (χ2n) is 3.93. The van der Waals surface area contributed by atoms with Gasteiger partial charge in [-0.2, -0.15) is 0 Å². The van der Waals surface area contributed by atoms with Crippen molar-refractivity contribution in [3.63, 3.8) is 0 Å². The van der Waals surface area contributed by atoms with Gasteiger partial charge in [0.1, 0.15) is 5.75 Å². The number of aromatic nitrogens is 1. The SMILES string of the molecule is Cl.Cl.NCc1ccc(OCC(=O)Nc2cccnc2)cc1. The Morgan fingerprint density at radius 3 is 2.48 bits per heavy atom. The van der Waals surface area contributed by atoms with E-state index >= 15 is 0 Å². The summed E-state index contributed by atoms with van der Waals surface area (Å²) in [5.74, 6) is 0.412. The number of hydrogen-bond donors (Lipinski definition) is 2. The van der Waals surface area contributed by atoms with Crippen LogP contribution in [-0.2, 0) is 11.3 Å². The Morgan fingerprint density at radius 2 is 1.90 bits per heavy atom. The van der Waals surface area contributed by atoms with Gasteiger partial charge < -0.3 is 15.8 Å². The molecule has 0 unspecified atom stereocenters. The van der Waals surface area contributed by atoms with Crippen LogP contribution in [0.15, 0.2) is 48.8 Å². The summed E-state index contributed by atoms with van der Waals surface area (Å²) in [7, 11) is 0. The van der Waals surface area contributed by atoms with Gasteiger partial charge in [0.25, 0.3) is 5.91 Å². The quantitative estimate of drug-likeness (QED) is 0.882. The predicted octanol–water partition coefficient (Wildman–Crippen LogP) is 2.40. The van der Waals surface area contributed by atoms with Gasteiger partial charge in [0, 0.05) is 12.7 Å². The summed E-state index contributed by atoms with van der Waals surface area (Å²) in [5, 5.41) is 2.69. The summed E-state index contributed by atoms with van der Waals surface area (Å²) in [6.07, 6.45) is 3.22. The molecule has 0 atom stereocenters. The van der Waals surface area contributed by atoms with Crippen LogP contribution in [0.3, 0.4) is 0 Å². The first-order chi connectivity index (χ1) is 9.28. The van der Waals surface area contributed by atoms with Crippen LogP contribution in [0, 0.1) is 0 Å². The smallest absolute Gasteiger partial charge is 0.262 e. The van der Waals surface area contributed by atoms with Gasteiger partial charge in [-0.1, -0.05) is 12.1 Å². The molecule has 0 saturated heterocycles. The van der Waals surface area contributed by atoms with Crippen LogP contribution in [-0.4, -0.2) is 17.5 Å². The molecule has 2 aromatic rings. The minimum absolute atomic E-state index is 0. The highest BCUT2D eigenvalue weighted by Gasteiger charge is 2.03. The van der Waals surface area contributed by atoms with E-state index in [0.29, 0.717) is 18.0 Å². The van der Waals surface area contributed by atoms with Gasteiger partial charge in [-0.05, 0) is 29.8 Å². The molecule has 0 radical (unpaired) electrons. The maximum absolute atomic E-state index is 11.6. The summed E-state index contributed by atoms with van der Waals surface area (Å²) < 4.78 is 5.37. The average Bonchev–Trinajstić information content (AvgIpc) is 2.47. The Bertz CT molecular complexity index is 536. The third-order valence-electron chi connectivity index (χ3n) is 2.47. The van der Waals surface area contributed by atoms with E-state index in [4.69, 9.17) is 10.5 Å². The van der Waals surface area contributed by atoms with Gasteiger partial charge in [-0.3, -0.25) is 9.78 Å². The molecule has 2 rings (SSSR count). The van der Waals surface area contributed by atoms with Gasteiger partial charge in [0.05, 0.1) is 11.9 Å². The first-order valence-corrected chi connectivity index (χ1v) is 5.89. The van der Waals surface area contributed by atoms with Crippen molar-refractivity contribution in [2.45, 2.75) is 6.54 Å². The molecule has 0 spiro atoms. The predicted molar refractivity (Wildman–Crippen MR) is 87.2 cm³/mol. The van der Waals surface area contributed by atoms with Gasteiger partial charge in [-0.15, -0.1) is 24.8 Å². The number of nitrogens with two attached hydrogens (primary N) is 1. The number of hydrogen-bond acceptors (Lipinski definition) is 4. The van der Waals surface area contributed by atoms with Crippen molar-refractivity contribution in [3.05, 3.63) is 54.4 Å². The lowest BCUT2D eigenvalue weighted by atomic mass is 10.2. The molecule has 1 heterocycles. The van der Waals surface area contributed by atoms with E-state index in [1.165, 1.54) is 0 Å². The third kappa shape index (κ3) is 6.44. The van der Waals surface area contributed by atoms with Crippen molar-refractivity contribution in [1.82, 2.24) is 4.98 Å². The van der Waals surface area contributed by atoms with Crippen molar-refractivity contribution < 1.29 is 9.53 Å². The van der Waals surface area contributed by atoms with Crippen LogP contribution >= 0.6 is 24.8 Å². The summed E-state index contributed by atoms with van der Waals surface area (Å²) >= 11 is 0. The number of nitrogens with one attached hydrogen (secondary N) is 1. The lowest BCUT2D eigenvalue weighted by molar-refractivity contribution is -0.118. The molecule has 3 N–H and O–H groups in total. The second kappa shape index (κ2) is 9.99. The summed E-state index contributed by atoms with van der Waals surface area (Å²) in [6.45, 7) is 0.443. The van der Waals surface area contributed by atoms with Crippen LogP contribution < -0.4 is 15.8 Å². The maximum atomic E-state index is 11.6. The van der Waals surface area contributed by atoms with E-state index in [1.54, 1.807) is 36.7 Å². The van der Waals surface area contributed by atoms with E-state index in [-0.39, 0.29) is 37.3 Å². The van der Waals surface area contributed by atoms with Crippen molar-refractivity contribution in [3.8, 4) is 5.75 Å². The fourth-order valence-corrected chi connectivity index (χ4v) is 1.50. The minimum Gasteiger partial charge on any atom is -0.484 e. The zero-order valence-electron chi connectivity index (χ0n) is 11.2. The number of halogens is 2. The number of pyridine rings is 1. The fraction of sp³-hybridized carbons (Fsp3) is 0.143. The zero-order valence-corrected chi connectivity index (χ0v) is 12.8. The number of ether oxygens (including phenoxy) is 1. The largest absolute Gasteiger partial charge is 0.484 e. The summed E-state index contributed by atoms with van der Waals surface area (Å²) in [6, 6.07) is 10.8. The van der Waals surface area contributed by atoms with E-state index < -0.39 is 0 Å². The number of carbonyl (C=O) groups is 1. The highest BCUT2D eigenvalue weighted by Crippen LogP contribution is 2.11. The minimum atomic E-state index is -0.226. The number of amides is 1. The topological polar surface area (TPSA) is 77.2 Å². The Morgan fingerprint density at radius 1 is 1.19 bits per heavy atom. The van der Waals surface area contributed by atoms with Crippen LogP contribution in [0.4, 0.5) is 5.69 Å². The van der Waals surface area contributed by atoms with Crippen LogP contribution in [0.5, 0.6) is 5.75 Å². The molecule has 0 aliphatic heterocycles. The number of carbonyl (C=O) groups excluding carboxylic acids is 1. The molecule has 21 heavy (non-hydrogen) atoms. The number of benzene rings is 1. The first kappa shape index (κ1) is 19.2. The fourth-order valence-electron chi connectivity index (χ4n) is 1.50. The zero-order chi connectivity index (χ0) is 13.5. The monoisotopic (exact) mass is 329 g/mol. The van der Waals surface area contributed by atoms with Crippen LogP contribution in [0.1, 0.15) is 5.56 Å². The molecule has 0 bridgehead atoms. The lowest BCUT2D eigenvalue weighted by Crippen LogP contribution is -2.20. The van der Waals surface area contributed by atoms with Gasteiger partial charge in [0.2, 0.25) is 0 Å². The van der Waals surface area contributed by atoms with E-state index in [9.17, 15) is 4.79 Å². The normalized spacial score (nSPS) is 9.00. The standard InChI is InChI=1S/C14H15N3O2.2ClH/c15-8-11-3-5-13(6-4-11)19-10-14(18)17-12-2-1-7-16-9-12;;/h1-7,9H,8,10,15H2,(H,17,18);2*1H. The highest BCUT2D eigenvalue weighted by atomic mass is 35.5. The van der Waals surface area contributed by atoms with Crippen LogP contribution in [0.25, 0.3) is 0 Å². The van der Waals surface area contributed by atoms with E-state index in [1.807, 2.05) is 12.1 Å². The molecule has 1 amide bonds. The molecular weight excluding hydrogens is 313 g/mol. The molecule has 0 aliphatic rings. The van der Waals surface area contributed by atoms with Crippen molar-refractivity contribution in [2.24, 2.45) is 5.73 Å². The average molecular weight is 330 g/mol. The maximum Gasteiger partial charge on any atom is 0.262 e. The lowest BCUT2D eigenvalue weighted by Gasteiger charge is -2.07. The molecular formula is C14H17Cl2N3O2. The van der Waals surface area contributed by atoms with Crippen molar-refractivity contribution in [1.29, 1.82) is 0 Å². The summed E-state index contributed by atoms with van der Waals surface area (Å²) in [5.41, 5.74) is 7.17. The van der Waals surface area contributed by atoms with E-state index in [2.05, 4.69) is 10.3 Å². The Kier molecular flexibility index (Phi) is 9.12. The van der Waals surface area contributed by atoms with Crippen molar-refractivity contribution >= 4 is 36.4 Å². The Balaban J connectivity index is 0.00000200. The number of anilines is 1. The molecule has 1 aromatic heterocycles. The van der Waals surface area contributed by atoms with Crippen LogP contribution in [0.2, 0.25) is 0 Å². The summed E-state index contributed by atoms with van der Waals surface area (Å²) in [4.78, 5) is 15.5. The molecule has 0 saturated carbocycles. The molecule has 5 nitrogen and oxygen atoms in total. The van der Waals surface area contributed by atoms with Crippen molar-refractivity contribution in [2.75, 3.05) is 11.9 Å². The Hall–Kier alpha value is -1.82. The molecule has 0 fully saturated rings.